The first-order valence-electron chi connectivity index (χ1n) is 6.65. The smallest absolute Gasteiger partial charge is 0.257 e. The molecule has 6 nitrogen and oxygen atoms in total. The fourth-order valence-corrected chi connectivity index (χ4v) is 3.36. The number of hydrogen-bond donors (Lipinski definition) is 1. The molecule has 1 aliphatic rings. The van der Waals surface area contributed by atoms with Gasteiger partial charge in [-0.1, -0.05) is 11.8 Å². The summed E-state index contributed by atoms with van der Waals surface area (Å²) in [6.45, 7) is 2.10. The summed E-state index contributed by atoms with van der Waals surface area (Å²) < 4.78 is 6.79. The molecule has 110 valence electrons. The number of amides is 1. The molecule has 3 rings (SSSR count). The van der Waals surface area contributed by atoms with Gasteiger partial charge in [0.1, 0.15) is 5.76 Å². The van der Waals surface area contributed by atoms with Crippen molar-refractivity contribution in [3.63, 3.8) is 0 Å². The summed E-state index contributed by atoms with van der Waals surface area (Å²) in [5, 5.41) is 3.49. The van der Waals surface area contributed by atoms with E-state index in [1.54, 1.807) is 36.1 Å². The van der Waals surface area contributed by atoms with Crippen LogP contribution >= 0.6 is 11.8 Å². The van der Waals surface area contributed by atoms with Crippen LogP contribution in [0.4, 0.5) is 0 Å². The fourth-order valence-electron chi connectivity index (χ4n) is 2.26. The van der Waals surface area contributed by atoms with E-state index in [0.29, 0.717) is 28.8 Å². The Hall–Kier alpha value is -2.02. The molecule has 3 heterocycles. The molecule has 0 spiro atoms. The van der Waals surface area contributed by atoms with Crippen LogP contribution in [0.15, 0.2) is 39.0 Å². The van der Waals surface area contributed by atoms with E-state index >= 15 is 0 Å². The highest BCUT2D eigenvalue weighted by Crippen LogP contribution is 2.31. The van der Waals surface area contributed by atoms with E-state index < -0.39 is 0 Å². The molecule has 0 fully saturated rings. The summed E-state index contributed by atoms with van der Waals surface area (Å²) in [5.74, 6) is 1.30. The van der Waals surface area contributed by atoms with E-state index in [9.17, 15) is 9.59 Å². The van der Waals surface area contributed by atoms with Gasteiger partial charge in [-0.3, -0.25) is 14.2 Å². The molecule has 21 heavy (non-hydrogen) atoms. The number of carbonyl (C=O) groups excluding carboxylic acids is 1. The van der Waals surface area contributed by atoms with Crippen LogP contribution in [0.25, 0.3) is 0 Å². The maximum atomic E-state index is 12.2. The number of nitrogens with one attached hydrogen (secondary N) is 1. The summed E-state index contributed by atoms with van der Waals surface area (Å²) in [6.07, 6.45) is 3.42. The number of rotatable bonds is 4. The zero-order valence-electron chi connectivity index (χ0n) is 11.5. The van der Waals surface area contributed by atoms with E-state index in [0.717, 1.165) is 0 Å². The topological polar surface area (TPSA) is 77.1 Å². The molecule has 2 aromatic rings. The van der Waals surface area contributed by atoms with Gasteiger partial charge in [0, 0.05) is 23.9 Å². The summed E-state index contributed by atoms with van der Waals surface area (Å²) in [5.41, 5.74) is 0.538. The third-order valence-corrected chi connectivity index (χ3v) is 4.47. The fraction of sp³-hybridized carbons (Fsp3) is 0.357. The number of aromatic nitrogens is 2. The van der Waals surface area contributed by atoms with Gasteiger partial charge < -0.3 is 9.73 Å². The number of hydrogen-bond acceptors (Lipinski definition) is 5. The highest BCUT2D eigenvalue weighted by atomic mass is 32.2. The van der Waals surface area contributed by atoms with Crippen molar-refractivity contribution in [1.29, 1.82) is 0 Å². The molecule has 0 saturated carbocycles. The largest absolute Gasteiger partial charge is 0.467 e. The van der Waals surface area contributed by atoms with Crippen LogP contribution in [0, 0.1) is 6.92 Å². The lowest BCUT2D eigenvalue weighted by atomic mass is 10.2. The predicted molar refractivity (Wildman–Crippen MR) is 78.2 cm³/mol. The third-order valence-electron chi connectivity index (χ3n) is 3.36. The lowest BCUT2D eigenvalue weighted by Gasteiger charge is -2.13. The van der Waals surface area contributed by atoms with Crippen molar-refractivity contribution in [2.75, 3.05) is 5.75 Å². The number of aryl methyl sites for hydroxylation is 1. The maximum Gasteiger partial charge on any atom is 0.257 e. The minimum absolute atomic E-state index is 0.0613. The summed E-state index contributed by atoms with van der Waals surface area (Å²) in [6, 6.07) is 3.44. The van der Waals surface area contributed by atoms with Crippen LogP contribution in [-0.2, 0) is 11.3 Å². The first-order valence-corrected chi connectivity index (χ1v) is 7.63. The second-order valence-electron chi connectivity index (χ2n) is 4.92. The molecule has 0 radical (unpaired) electrons. The van der Waals surface area contributed by atoms with Gasteiger partial charge >= 0.3 is 0 Å². The lowest BCUT2D eigenvalue weighted by Crippen LogP contribution is -2.31. The van der Waals surface area contributed by atoms with Gasteiger partial charge in [-0.15, -0.1) is 0 Å². The molecule has 0 aliphatic carbocycles. The number of nitrogens with zero attached hydrogens (tertiary/aromatic N) is 2. The Kier molecular flexibility index (Phi) is 3.83. The van der Waals surface area contributed by atoms with E-state index in [1.807, 2.05) is 0 Å². The van der Waals surface area contributed by atoms with Crippen LogP contribution in [0.3, 0.4) is 0 Å². The van der Waals surface area contributed by atoms with Crippen LogP contribution in [-0.4, -0.2) is 21.2 Å². The summed E-state index contributed by atoms with van der Waals surface area (Å²) in [7, 11) is 0. The monoisotopic (exact) mass is 305 g/mol. The van der Waals surface area contributed by atoms with Gasteiger partial charge in [0.2, 0.25) is 5.91 Å². The third kappa shape index (κ3) is 2.87. The highest BCUT2D eigenvalue weighted by molar-refractivity contribution is 7.99. The molecule has 2 aromatic heterocycles. The van der Waals surface area contributed by atoms with Gasteiger partial charge in [-0.25, -0.2) is 4.98 Å². The molecule has 7 heteroatoms. The Morgan fingerprint density at radius 2 is 2.48 bits per heavy atom. The lowest BCUT2D eigenvalue weighted by molar-refractivity contribution is -0.122. The first kappa shape index (κ1) is 13.9. The van der Waals surface area contributed by atoms with Gasteiger partial charge in [0.15, 0.2) is 5.16 Å². The van der Waals surface area contributed by atoms with E-state index in [4.69, 9.17) is 4.42 Å². The first-order chi connectivity index (χ1) is 10.1. The van der Waals surface area contributed by atoms with Crippen molar-refractivity contribution >= 4 is 17.7 Å². The van der Waals surface area contributed by atoms with Gasteiger partial charge in [-0.05, 0) is 19.1 Å². The molecular formula is C14H15N3O3S. The van der Waals surface area contributed by atoms with Crippen molar-refractivity contribution in [2.24, 2.45) is 0 Å². The van der Waals surface area contributed by atoms with Crippen LogP contribution in [0.2, 0.25) is 0 Å². The second-order valence-corrected chi connectivity index (χ2v) is 5.91. The normalized spacial score (nSPS) is 16.7. The molecule has 1 N–H and O–H groups in total. The molecule has 0 saturated heterocycles. The van der Waals surface area contributed by atoms with E-state index in [2.05, 4.69) is 10.3 Å². The average molecular weight is 305 g/mol. The van der Waals surface area contributed by atoms with E-state index in [-0.39, 0.29) is 23.9 Å². The minimum Gasteiger partial charge on any atom is -0.467 e. The zero-order valence-corrected chi connectivity index (χ0v) is 12.4. The Morgan fingerprint density at radius 1 is 1.62 bits per heavy atom. The molecular weight excluding hydrogens is 290 g/mol. The van der Waals surface area contributed by atoms with E-state index in [1.165, 1.54) is 11.8 Å². The van der Waals surface area contributed by atoms with Crippen molar-refractivity contribution < 1.29 is 9.21 Å². The second kappa shape index (κ2) is 5.77. The highest BCUT2D eigenvalue weighted by Gasteiger charge is 2.27. The van der Waals surface area contributed by atoms with Crippen molar-refractivity contribution in [3.05, 3.63) is 46.3 Å². The average Bonchev–Trinajstić information content (AvgIpc) is 3.11. The van der Waals surface area contributed by atoms with Crippen molar-refractivity contribution in [1.82, 2.24) is 14.9 Å². The maximum absolute atomic E-state index is 12.2. The molecule has 0 bridgehead atoms. The van der Waals surface area contributed by atoms with Crippen molar-refractivity contribution in [3.8, 4) is 0 Å². The van der Waals surface area contributed by atoms with Crippen LogP contribution in [0.5, 0.6) is 0 Å². The number of thioether (sulfide) groups is 1. The Bertz CT molecular complexity index is 709. The molecule has 1 atom stereocenters. The minimum atomic E-state index is -0.137. The zero-order chi connectivity index (χ0) is 14.8. The van der Waals surface area contributed by atoms with Crippen molar-refractivity contribution in [2.45, 2.75) is 31.1 Å². The number of furan rings is 1. The Labute approximate surface area is 125 Å². The number of carbonyl (C=O) groups is 1. The standard InChI is InChI=1S/C14H15N3O3S/c1-9-6-16-14-17(13(9)19)10(8-21-14)5-12(18)15-7-11-3-2-4-20-11/h2-4,6,10H,5,7-8H2,1H3,(H,15,18)/t10-/m1/s1. The summed E-state index contributed by atoms with van der Waals surface area (Å²) >= 11 is 1.51. The summed E-state index contributed by atoms with van der Waals surface area (Å²) in [4.78, 5) is 28.4. The Balaban J connectivity index is 1.66. The van der Waals surface area contributed by atoms with Gasteiger partial charge in [0.25, 0.3) is 5.56 Å². The molecule has 1 amide bonds. The quantitative estimate of drug-likeness (QED) is 0.866. The van der Waals surface area contributed by atoms with Gasteiger partial charge in [0.05, 0.1) is 18.8 Å². The van der Waals surface area contributed by atoms with Crippen LogP contribution in [0.1, 0.15) is 23.8 Å². The molecule has 0 aromatic carbocycles. The van der Waals surface area contributed by atoms with Gasteiger partial charge in [-0.2, -0.15) is 0 Å². The SMILES string of the molecule is Cc1cnc2n(c1=O)[C@H](CC(=O)NCc1ccco1)CS2. The number of fused-ring (bicyclic) bond motifs is 1. The Morgan fingerprint density at radius 3 is 3.24 bits per heavy atom. The molecule has 0 unspecified atom stereocenters. The van der Waals surface area contributed by atoms with Crippen LogP contribution < -0.4 is 10.9 Å². The molecule has 1 aliphatic heterocycles. The predicted octanol–water partition coefficient (Wildman–Crippen LogP) is 1.50.